The van der Waals surface area contributed by atoms with Crippen LogP contribution < -0.4 is 0 Å². The molecule has 0 aliphatic carbocycles. The zero-order valence-electron chi connectivity index (χ0n) is 19.2. The minimum Gasteiger partial charge on any atom is -0.481 e. The minimum absolute atomic E-state index is 0.129. The van der Waals surface area contributed by atoms with Gasteiger partial charge < -0.3 is 5.11 Å². The lowest BCUT2D eigenvalue weighted by atomic mass is 9.89. The van der Waals surface area contributed by atoms with Crippen LogP contribution in [0.1, 0.15) is 88.7 Å². The number of carbonyl (C=O) groups is 1. The van der Waals surface area contributed by atoms with Gasteiger partial charge in [0.15, 0.2) is 5.65 Å². The molecule has 1 unspecified atom stereocenters. The summed E-state index contributed by atoms with van der Waals surface area (Å²) < 4.78 is 1.85. The standard InChI is InChI=1S/C25H33N3O2/c1-8-9-19(24(29)30)22-16(4)26-21-14-20(25(5,6)7)27-28(21)23(22)18-12-10-17(11-13-18)15(2)3/h10-15,19H,8-9H2,1-7H3,(H,29,30). The van der Waals surface area contributed by atoms with Gasteiger partial charge in [-0.05, 0) is 24.8 Å². The topological polar surface area (TPSA) is 67.5 Å². The first-order chi connectivity index (χ1) is 14.0. The number of rotatable bonds is 6. The Hall–Kier alpha value is -2.69. The fourth-order valence-corrected chi connectivity index (χ4v) is 3.90. The molecule has 1 N–H and O–H groups in total. The lowest BCUT2D eigenvalue weighted by molar-refractivity contribution is -0.139. The Kier molecular flexibility index (Phi) is 6.02. The van der Waals surface area contributed by atoms with E-state index in [1.165, 1.54) is 5.56 Å². The van der Waals surface area contributed by atoms with Crippen molar-refractivity contribution in [1.29, 1.82) is 0 Å². The number of aryl methyl sites for hydroxylation is 1. The molecule has 3 rings (SSSR count). The molecule has 1 atom stereocenters. The number of hydrogen-bond acceptors (Lipinski definition) is 3. The van der Waals surface area contributed by atoms with Crippen molar-refractivity contribution in [2.75, 3.05) is 0 Å². The summed E-state index contributed by atoms with van der Waals surface area (Å²) in [6, 6.07) is 10.4. The molecule has 0 saturated heterocycles. The Morgan fingerprint density at radius 1 is 1.17 bits per heavy atom. The van der Waals surface area contributed by atoms with Gasteiger partial charge in [-0.25, -0.2) is 9.50 Å². The highest BCUT2D eigenvalue weighted by Gasteiger charge is 2.29. The third-order valence-corrected chi connectivity index (χ3v) is 5.67. The van der Waals surface area contributed by atoms with Crippen molar-refractivity contribution in [2.24, 2.45) is 0 Å². The van der Waals surface area contributed by atoms with Gasteiger partial charge in [0.1, 0.15) is 0 Å². The third-order valence-electron chi connectivity index (χ3n) is 5.67. The normalized spacial score (nSPS) is 13.2. The van der Waals surface area contributed by atoms with Gasteiger partial charge in [-0.1, -0.05) is 72.2 Å². The van der Waals surface area contributed by atoms with Crippen molar-refractivity contribution in [3.05, 3.63) is 52.8 Å². The highest BCUT2D eigenvalue weighted by molar-refractivity contribution is 5.81. The van der Waals surface area contributed by atoms with E-state index in [4.69, 9.17) is 10.1 Å². The number of benzene rings is 1. The van der Waals surface area contributed by atoms with Gasteiger partial charge in [0.2, 0.25) is 0 Å². The first-order valence-corrected chi connectivity index (χ1v) is 10.8. The smallest absolute Gasteiger partial charge is 0.311 e. The molecule has 0 saturated carbocycles. The SMILES string of the molecule is CCCC(C(=O)O)c1c(C)nc2cc(C(C)(C)C)nn2c1-c1ccc(C(C)C)cc1. The summed E-state index contributed by atoms with van der Waals surface area (Å²) in [5.74, 6) is -1.000. The van der Waals surface area contributed by atoms with Gasteiger partial charge in [0.05, 0.1) is 17.3 Å². The van der Waals surface area contributed by atoms with E-state index in [1.54, 1.807) is 0 Å². The van der Waals surface area contributed by atoms with Crippen molar-refractivity contribution in [3.8, 4) is 11.3 Å². The first kappa shape index (κ1) is 22.0. The van der Waals surface area contributed by atoms with Crippen molar-refractivity contribution in [2.45, 2.75) is 78.6 Å². The average Bonchev–Trinajstić information content (AvgIpc) is 3.09. The molecule has 0 fully saturated rings. The van der Waals surface area contributed by atoms with Crippen LogP contribution in [0.5, 0.6) is 0 Å². The van der Waals surface area contributed by atoms with E-state index < -0.39 is 11.9 Å². The molecule has 5 heteroatoms. The van der Waals surface area contributed by atoms with E-state index in [1.807, 2.05) is 24.4 Å². The highest BCUT2D eigenvalue weighted by Crippen LogP contribution is 2.36. The molecule has 2 aromatic heterocycles. The number of hydrogen-bond donors (Lipinski definition) is 1. The summed E-state index contributed by atoms with van der Waals surface area (Å²) in [5, 5.41) is 14.9. The zero-order valence-corrected chi connectivity index (χ0v) is 19.2. The summed E-state index contributed by atoms with van der Waals surface area (Å²) in [7, 11) is 0. The van der Waals surface area contributed by atoms with E-state index in [0.29, 0.717) is 12.3 Å². The summed E-state index contributed by atoms with van der Waals surface area (Å²) >= 11 is 0. The lowest BCUT2D eigenvalue weighted by Gasteiger charge is -2.20. The number of aromatic nitrogens is 3. The summed E-state index contributed by atoms with van der Waals surface area (Å²) in [5.41, 5.74) is 6.14. The number of carboxylic acid groups (broad SMARTS) is 1. The summed E-state index contributed by atoms with van der Waals surface area (Å²) in [6.45, 7) is 14.6. The molecule has 0 aliphatic rings. The maximum atomic E-state index is 12.2. The predicted molar refractivity (Wildman–Crippen MR) is 121 cm³/mol. The zero-order chi connectivity index (χ0) is 22.2. The predicted octanol–water partition coefficient (Wildman–Crippen LogP) is 6.09. The molecule has 0 aliphatic heterocycles. The molecule has 160 valence electrons. The lowest BCUT2D eigenvalue weighted by Crippen LogP contribution is -2.17. The fourth-order valence-electron chi connectivity index (χ4n) is 3.90. The Morgan fingerprint density at radius 3 is 2.30 bits per heavy atom. The number of carboxylic acids is 1. The quantitative estimate of drug-likeness (QED) is 0.536. The van der Waals surface area contributed by atoms with Gasteiger partial charge in [-0.15, -0.1) is 0 Å². The van der Waals surface area contributed by atoms with Gasteiger partial charge in [-0.2, -0.15) is 5.10 Å². The molecule has 0 spiro atoms. The molecule has 5 nitrogen and oxygen atoms in total. The minimum atomic E-state index is -0.815. The molecule has 3 aromatic rings. The third kappa shape index (κ3) is 4.11. The molecule has 0 bridgehead atoms. The number of fused-ring (bicyclic) bond motifs is 1. The van der Waals surface area contributed by atoms with Crippen LogP contribution in [0, 0.1) is 6.92 Å². The van der Waals surface area contributed by atoms with E-state index in [2.05, 4.69) is 58.9 Å². The molecule has 0 amide bonds. The Morgan fingerprint density at radius 2 is 1.80 bits per heavy atom. The van der Waals surface area contributed by atoms with E-state index in [0.717, 1.165) is 40.3 Å². The highest BCUT2D eigenvalue weighted by atomic mass is 16.4. The Labute approximate surface area is 179 Å². The molecular weight excluding hydrogens is 374 g/mol. The van der Waals surface area contributed by atoms with Gasteiger partial charge in [0.25, 0.3) is 0 Å². The monoisotopic (exact) mass is 407 g/mol. The van der Waals surface area contributed by atoms with Crippen molar-refractivity contribution >= 4 is 11.6 Å². The van der Waals surface area contributed by atoms with Crippen LogP contribution in [0.2, 0.25) is 0 Å². The van der Waals surface area contributed by atoms with Crippen molar-refractivity contribution < 1.29 is 9.90 Å². The maximum absolute atomic E-state index is 12.2. The van der Waals surface area contributed by atoms with Crippen LogP contribution in [0.15, 0.2) is 30.3 Å². The van der Waals surface area contributed by atoms with E-state index in [-0.39, 0.29) is 5.41 Å². The van der Waals surface area contributed by atoms with Crippen LogP contribution in [0.4, 0.5) is 0 Å². The second-order valence-corrected chi connectivity index (χ2v) is 9.47. The second-order valence-electron chi connectivity index (χ2n) is 9.47. The van der Waals surface area contributed by atoms with Crippen LogP contribution in [-0.4, -0.2) is 25.7 Å². The van der Waals surface area contributed by atoms with Crippen LogP contribution in [0.3, 0.4) is 0 Å². The van der Waals surface area contributed by atoms with Crippen molar-refractivity contribution in [1.82, 2.24) is 14.6 Å². The maximum Gasteiger partial charge on any atom is 0.311 e. The second kappa shape index (κ2) is 8.21. The van der Waals surface area contributed by atoms with Gasteiger partial charge in [-0.3, -0.25) is 4.79 Å². The molecule has 0 radical (unpaired) electrons. The molecular formula is C25H33N3O2. The van der Waals surface area contributed by atoms with Gasteiger partial charge in [0, 0.05) is 28.3 Å². The van der Waals surface area contributed by atoms with Crippen LogP contribution >= 0.6 is 0 Å². The summed E-state index contributed by atoms with van der Waals surface area (Å²) in [4.78, 5) is 17.0. The van der Waals surface area contributed by atoms with Crippen LogP contribution in [0.25, 0.3) is 16.9 Å². The molecule has 1 aromatic carbocycles. The van der Waals surface area contributed by atoms with E-state index in [9.17, 15) is 9.90 Å². The van der Waals surface area contributed by atoms with Crippen molar-refractivity contribution in [3.63, 3.8) is 0 Å². The summed E-state index contributed by atoms with van der Waals surface area (Å²) in [6.07, 6.45) is 1.35. The fraction of sp³-hybridized carbons (Fsp3) is 0.480. The molecule has 30 heavy (non-hydrogen) atoms. The van der Waals surface area contributed by atoms with Gasteiger partial charge >= 0.3 is 5.97 Å². The first-order valence-electron chi connectivity index (χ1n) is 10.8. The van der Waals surface area contributed by atoms with E-state index >= 15 is 0 Å². The Balaban J connectivity index is 2.37. The molecule has 2 heterocycles. The number of aliphatic carboxylic acids is 1. The van der Waals surface area contributed by atoms with Crippen LogP contribution in [-0.2, 0) is 10.2 Å². The Bertz CT molecular complexity index is 1060. The largest absolute Gasteiger partial charge is 0.481 e. The average molecular weight is 408 g/mol. The number of nitrogens with zero attached hydrogens (tertiary/aromatic N) is 3.